The Hall–Kier alpha value is -0.920. The third kappa shape index (κ3) is 3.55. The Morgan fingerprint density at radius 2 is 1.84 bits per heavy atom. The first-order valence-electron chi connectivity index (χ1n) is 6.67. The predicted octanol–water partition coefficient (Wildman–Crippen LogP) is 1.25. The molecule has 1 aromatic rings. The number of aromatic amines is 1. The number of aryl methyl sites for hydroxylation is 1. The lowest BCUT2D eigenvalue weighted by atomic mass is 10.3. The topological polar surface area (TPSA) is 78.1 Å². The summed E-state index contributed by atoms with van der Waals surface area (Å²) in [5.74, 6) is 0. The van der Waals surface area contributed by atoms with Crippen LogP contribution in [0.2, 0.25) is 0 Å². The second-order valence-electron chi connectivity index (χ2n) is 4.57. The molecule has 0 aliphatic rings. The van der Waals surface area contributed by atoms with E-state index in [0.29, 0.717) is 19.6 Å². The Morgan fingerprint density at radius 3 is 2.32 bits per heavy atom. The first kappa shape index (κ1) is 16.1. The molecule has 0 aromatic carbocycles. The quantitative estimate of drug-likeness (QED) is 0.754. The van der Waals surface area contributed by atoms with Crippen LogP contribution in [-0.2, 0) is 16.6 Å². The van der Waals surface area contributed by atoms with Gasteiger partial charge in [0.15, 0.2) is 5.03 Å². The van der Waals surface area contributed by atoms with Gasteiger partial charge in [-0.15, -0.1) is 0 Å². The second kappa shape index (κ2) is 7.02. The van der Waals surface area contributed by atoms with E-state index < -0.39 is 10.0 Å². The number of sulfonamides is 1. The van der Waals surface area contributed by atoms with Gasteiger partial charge in [0.2, 0.25) is 0 Å². The van der Waals surface area contributed by atoms with Crippen molar-refractivity contribution in [3.63, 3.8) is 0 Å². The monoisotopic (exact) mass is 288 g/mol. The summed E-state index contributed by atoms with van der Waals surface area (Å²) in [5, 5.41) is 9.91. The Kier molecular flexibility index (Phi) is 5.96. The SMILES string of the molecule is CCCN(CCC)S(=O)(=O)c1n[nH]c(C)c1CNC. The number of hydrogen-bond acceptors (Lipinski definition) is 4. The van der Waals surface area contributed by atoms with Crippen molar-refractivity contribution >= 4 is 10.0 Å². The number of rotatable bonds is 8. The number of H-pyrrole nitrogens is 1. The minimum atomic E-state index is -3.51. The molecule has 19 heavy (non-hydrogen) atoms. The summed E-state index contributed by atoms with van der Waals surface area (Å²) in [6.07, 6.45) is 1.59. The zero-order chi connectivity index (χ0) is 14.5. The first-order chi connectivity index (χ1) is 8.98. The van der Waals surface area contributed by atoms with Gasteiger partial charge in [-0.3, -0.25) is 5.10 Å². The molecule has 0 spiro atoms. The Labute approximate surface area is 115 Å². The van der Waals surface area contributed by atoms with Crippen LogP contribution < -0.4 is 5.32 Å². The van der Waals surface area contributed by atoms with Gasteiger partial charge >= 0.3 is 0 Å². The molecule has 1 aromatic heterocycles. The molecule has 0 radical (unpaired) electrons. The molecule has 0 aliphatic heterocycles. The van der Waals surface area contributed by atoms with E-state index in [1.165, 1.54) is 4.31 Å². The van der Waals surface area contributed by atoms with Crippen molar-refractivity contribution in [3.8, 4) is 0 Å². The zero-order valence-corrected chi connectivity index (χ0v) is 13.0. The van der Waals surface area contributed by atoms with E-state index in [-0.39, 0.29) is 5.03 Å². The van der Waals surface area contributed by atoms with Crippen LogP contribution >= 0.6 is 0 Å². The van der Waals surface area contributed by atoms with Crippen LogP contribution in [0.4, 0.5) is 0 Å². The molecule has 6 nitrogen and oxygen atoms in total. The molecule has 1 rings (SSSR count). The maximum absolute atomic E-state index is 12.6. The van der Waals surface area contributed by atoms with Gasteiger partial charge < -0.3 is 5.32 Å². The van der Waals surface area contributed by atoms with E-state index in [4.69, 9.17) is 0 Å². The Morgan fingerprint density at radius 1 is 1.26 bits per heavy atom. The second-order valence-corrected chi connectivity index (χ2v) is 6.42. The molecule has 0 unspecified atom stereocenters. The molecule has 0 aliphatic carbocycles. The summed E-state index contributed by atoms with van der Waals surface area (Å²) in [4.78, 5) is 0. The van der Waals surface area contributed by atoms with Crippen LogP contribution in [0.15, 0.2) is 5.03 Å². The van der Waals surface area contributed by atoms with E-state index in [0.717, 1.165) is 24.1 Å². The third-order valence-corrected chi connectivity index (χ3v) is 4.79. The van der Waals surface area contributed by atoms with Crippen LogP contribution in [0.3, 0.4) is 0 Å². The van der Waals surface area contributed by atoms with Gasteiger partial charge in [-0.25, -0.2) is 8.42 Å². The zero-order valence-electron chi connectivity index (χ0n) is 12.2. The molecule has 0 amide bonds. The molecule has 2 N–H and O–H groups in total. The average molecular weight is 288 g/mol. The highest BCUT2D eigenvalue weighted by atomic mass is 32.2. The summed E-state index contributed by atoms with van der Waals surface area (Å²) < 4.78 is 26.8. The fraction of sp³-hybridized carbons (Fsp3) is 0.750. The molecule has 0 bridgehead atoms. The van der Waals surface area contributed by atoms with E-state index in [2.05, 4.69) is 15.5 Å². The minimum absolute atomic E-state index is 0.154. The fourth-order valence-electron chi connectivity index (χ4n) is 2.00. The van der Waals surface area contributed by atoms with Crippen molar-refractivity contribution in [2.24, 2.45) is 0 Å². The highest BCUT2D eigenvalue weighted by Crippen LogP contribution is 2.20. The van der Waals surface area contributed by atoms with Gasteiger partial charge in [0, 0.05) is 30.9 Å². The molecule has 7 heteroatoms. The van der Waals surface area contributed by atoms with Crippen LogP contribution in [0.5, 0.6) is 0 Å². The van der Waals surface area contributed by atoms with Gasteiger partial charge in [0.05, 0.1) is 0 Å². The Bertz CT molecular complexity index is 490. The van der Waals surface area contributed by atoms with Crippen LogP contribution in [0.25, 0.3) is 0 Å². The largest absolute Gasteiger partial charge is 0.316 e. The molecule has 1 heterocycles. The normalized spacial score (nSPS) is 12.3. The summed E-state index contributed by atoms with van der Waals surface area (Å²) in [7, 11) is -1.72. The van der Waals surface area contributed by atoms with Crippen LogP contribution in [-0.4, -0.2) is 43.1 Å². The number of hydrogen-bond donors (Lipinski definition) is 2. The number of nitrogens with one attached hydrogen (secondary N) is 2. The first-order valence-corrected chi connectivity index (χ1v) is 8.11. The summed E-state index contributed by atoms with van der Waals surface area (Å²) in [5.41, 5.74) is 1.51. The lowest BCUT2D eigenvalue weighted by Gasteiger charge is -2.20. The molecule has 110 valence electrons. The highest BCUT2D eigenvalue weighted by Gasteiger charge is 2.29. The predicted molar refractivity (Wildman–Crippen MR) is 75.4 cm³/mol. The molecule has 0 saturated carbocycles. The van der Waals surface area contributed by atoms with E-state index >= 15 is 0 Å². The maximum Gasteiger partial charge on any atom is 0.262 e. The number of aromatic nitrogens is 2. The lowest BCUT2D eigenvalue weighted by molar-refractivity contribution is 0.407. The summed E-state index contributed by atoms with van der Waals surface area (Å²) in [6.45, 7) is 7.33. The van der Waals surface area contributed by atoms with E-state index in [1.54, 1.807) is 7.05 Å². The Balaban J connectivity index is 3.17. The molecule has 0 atom stereocenters. The van der Waals surface area contributed by atoms with E-state index in [1.807, 2.05) is 20.8 Å². The molecule has 0 saturated heterocycles. The van der Waals surface area contributed by atoms with Crippen LogP contribution in [0, 0.1) is 6.92 Å². The van der Waals surface area contributed by atoms with Crippen LogP contribution in [0.1, 0.15) is 37.9 Å². The van der Waals surface area contributed by atoms with Gasteiger partial charge in [0.1, 0.15) is 0 Å². The van der Waals surface area contributed by atoms with Crippen molar-refractivity contribution in [2.45, 2.75) is 45.2 Å². The van der Waals surface area contributed by atoms with Crippen molar-refractivity contribution < 1.29 is 8.42 Å². The van der Waals surface area contributed by atoms with Crippen molar-refractivity contribution in [1.29, 1.82) is 0 Å². The number of nitrogens with zero attached hydrogens (tertiary/aromatic N) is 2. The molecular formula is C12H24N4O2S. The van der Waals surface area contributed by atoms with Crippen molar-refractivity contribution in [2.75, 3.05) is 20.1 Å². The highest BCUT2D eigenvalue weighted by molar-refractivity contribution is 7.89. The van der Waals surface area contributed by atoms with Gasteiger partial charge in [-0.2, -0.15) is 9.40 Å². The average Bonchev–Trinajstić information content (AvgIpc) is 2.72. The summed E-state index contributed by atoms with van der Waals surface area (Å²) >= 11 is 0. The fourth-order valence-corrected chi connectivity index (χ4v) is 3.79. The van der Waals surface area contributed by atoms with Crippen molar-refractivity contribution in [3.05, 3.63) is 11.3 Å². The van der Waals surface area contributed by atoms with Crippen molar-refractivity contribution in [1.82, 2.24) is 19.8 Å². The maximum atomic E-state index is 12.6. The van der Waals surface area contributed by atoms with Gasteiger partial charge in [-0.1, -0.05) is 13.8 Å². The lowest BCUT2D eigenvalue weighted by Crippen LogP contribution is -2.33. The smallest absolute Gasteiger partial charge is 0.262 e. The van der Waals surface area contributed by atoms with E-state index in [9.17, 15) is 8.42 Å². The third-order valence-electron chi connectivity index (χ3n) is 2.92. The minimum Gasteiger partial charge on any atom is -0.316 e. The molecular weight excluding hydrogens is 264 g/mol. The van der Waals surface area contributed by atoms with Gasteiger partial charge in [-0.05, 0) is 26.8 Å². The molecule has 0 fully saturated rings. The standard InChI is InChI=1S/C12H24N4O2S/c1-5-7-16(8-6-2)19(17,18)12-11(9-13-4)10(3)14-15-12/h13H,5-9H2,1-4H3,(H,14,15). The summed E-state index contributed by atoms with van der Waals surface area (Å²) in [6, 6.07) is 0. The van der Waals surface area contributed by atoms with Gasteiger partial charge in [0.25, 0.3) is 10.0 Å².